The summed E-state index contributed by atoms with van der Waals surface area (Å²) in [6, 6.07) is 0.580. The zero-order valence-electron chi connectivity index (χ0n) is 13.4. The summed E-state index contributed by atoms with van der Waals surface area (Å²) in [5.41, 5.74) is 5.06. The number of nitrogens with two attached hydrogens (primary N) is 1. The van der Waals surface area contributed by atoms with Gasteiger partial charge in [-0.1, -0.05) is 20.8 Å². The quantitative estimate of drug-likeness (QED) is 0.592. The molecule has 0 spiro atoms. The number of hydrogen-bond acceptors (Lipinski definition) is 4. The van der Waals surface area contributed by atoms with Crippen LogP contribution in [0.5, 0.6) is 0 Å². The van der Waals surface area contributed by atoms with Crippen LogP contribution in [0.25, 0.3) is 0 Å². The van der Waals surface area contributed by atoms with Gasteiger partial charge in [-0.3, -0.25) is 9.59 Å². The van der Waals surface area contributed by atoms with Gasteiger partial charge in [0.15, 0.2) is 0 Å². The van der Waals surface area contributed by atoms with E-state index in [9.17, 15) is 9.59 Å². The molecule has 1 atom stereocenters. The van der Waals surface area contributed by atoms with Crippen molar-refractivity contribution in [1.82, 2.24) is 10.6 Å². The van der Waals surface area contributed by atoms with E-state index in [0.717, 1.165) is 12.8 Å². The Balaban J connectivity index is 0. The monoisotopic (exact) mass is 289 g/mol. The summed E-state index contributed by atoms with van der Waals surface area (Å²) in [7, 11) is 0. The van der Waals surface area contributed by atoms with Crippen LogP contribution < -0.4 is 16.4 Å². The number of carbonyl (C=O) groups is 2. The molecule has 5 N–H and O–H groups in total. The molecular weight excluding hydrogens is 258 g/mol. The second kappa shape index (κ2) is 12.9. The van der Waals surface area contributed by atoms with Crippen LogP contribution in [-0.4, -0.2) is 41.7 Å². The molecule has 120 valence electrons. The number of aliphatic hydroxyl groups excluding tert-OH is 1. The number of carbonyl (C=O) groups excluding carboxylic acids is 2. The van der Waals surface area contributed by atoms with E-state index >= 15 is 0 Å². The summed E-state index contributed by atoms with van der Waals surface area (Å²) < 4.78 is 0. The van der Waals surface area contributed by atoms with Gasteiger partial charge in [-0.15, -0.1) is 0 Å². The lowest BCUT2D eigenvalue weighted by atomic mass is 10.3. The third kappa shape index (κ3) is 13.3. The second-order valence-electron chi connectivity index (χ2n) is 4.61. The molecule has 0 heterocycles. The summed E-state index contributed by atoms with van der Waals surface area (Å²) >= 11 is 0. The van der Waals surface area contributed by atoms with Gasteiger partial charge in [0.25, 0.3) is 0 Å². The molecule has 6 nitrogen and oxygen atoms in total. The maximum absolute atomic E-state index is 10.8. The van der Waals surface area contributed by atoms with E-state index in [2.05, 4.69) is 10.6 Å². The predicted octanol–water partition coefficient (Wildman–Crippen LogP) is 0.532. The molecule has 0 aromatic rings. The number of rotatable bonds is 5. The van der Waals surface area contributed by atoms with Gasteiger partial charge in [0.05, 0.1) is 0 Å². The molecule has 1 fully saturated rings. The van der Waals surface area contributed by atoms with E-state index in [4.69, 9.17) is 10.8 Å². The van der Waals surface area contributed by atoms with Gasteiger partial charge in [-0.2, -0.15) is 0 Å². The lowest BCUT2D eigenvalue weighted by molar-refractivity contribution is -0.129. The van der Waals surface area contributed by atoms with Crippen molar-refractivity contribution in [3.05, 3.63) is 0 Å². The largest absolute Gasteiger partial charge is 0.382 e. The van der Waals surface area contributed by atoms with E-state index in [-0.39, 0.29) is 24.4 Å². The first-order chi connectivity index (χ1) is 9.40. The molecule has 1 aliphatic rings. The first-order valence-corrected chi connectivity index (χ1v) is 7.38. The Morgan fingerprint density at radius 2 is 1.80 bits per heavy atom. The Kier molecular flexibility index (Phi) is 13.6. The molecule has 20 heavy (non-hydrogen) atoms. The third-order valence-corrected chi connectivity index (χ3v) is 2.22. The molecule has 0 saturated heterocycles. The van der Waals surface area contributed by atoms with Gasteiger partial charge in [-0.25, -0.2) is 0 Å². The van der Waals surface area contributed by atoms with Gasteiger partial charge in [0.2, 0.25) is 11.8 Å². The second-order valence-corrected chi connectivity index (χ2v) is 4.61. The highest BCUT2D eigenvalue weighted by Gasteiger charge is 2.25. The molecule has 1 unspecified atom stereocenters. The highest BCUT2D eigenvalue weighted by molar-refractivity contribution is 5.81. The fourth-order valence-electron chi connectivity index (χ4n) is 1.06. The maximum atomic E-state index is 10.8. The molecular formula is C14H31N3O3. The number of nitrogens with one attached hydrogen (secondary N) is 2. The molecule has 0 aromatic carbocycles. The highest BCUT2D eigenvalue weighted by Crippen LogP contribution is 2.18. The van der Waals surface area contributed by atoms with Gasteiger partial charge >= 0.3 is 0 Å². The minimum atomic E-state index is -1.03. The van der Waals surface area contributed by atoms with Crippen LogP contribution in [0.3, 0.4) is 0 Å². The van der Waals surface area contributed by atoms with Crippen LogP contribution in [0.1, 0.15) is 53.9 Å². The van der Waals surface area contributed by atoms with Crippen molar-refractivity contribution >= 4 is 11.8 Å². The summed E-state index contributed by atoms with van der Waals surface area (Å²) in [6.07, 6.45) is 1.62. The molecule has 6 heteroatoms. The lowest BCUT2D eigenvalue weighted by Crippen LogP contribution is -2.40. The van der Waals surface area contributed by atoms with Crippen LogP contribution >= 0.6 is 0 Å². The van der Waals surface area contributed by atoms with Crippen LogP contribution in [0.4, 0.5) is 0 Å². The Bertz CT molecular complexity index is 266. The topological polar surface area (TPSA) is 104 Å². The zero-order valence-corrected chi connectivity index (χ0v) is 13.4. The van der Waals surface area contributed by atoms with Crippen molar-refractivity contribution in [2.75, 3.05) is 6.54 Å². The first-order valence-electron chi connectivity index (χ1n) is 7.38. The van der Waals surface area contributed by atoms with Gasteiger partial charge < -0.3 is 21.5 Å². The Morgan fingerprint density at radius 3 is 2.05 bits per heavy atom. The summed E-state index contributed by atoms with van der Waals surface area (Å²) in [4.78, 5) is 21.3. The van der Waals surface area contributed by atoms with Gasteiger partial charge in [0, 0.05) is 25.0 Å². The summed E-state index contributed by atoms with van der Waals surface area (Å²) in [5, 5.41) is 14.3. The molecule has 0 aliphatic heterocycles. The normalized spacial score (nSPS) is 14.2. The number of amides is 2. The van der Waals surface area contributed by atoms with Crippen molar-refractivity contribution in [2.24, 2.45) is 5.73 Å². The highest BCUT2D eigenvalue weighted by atomic mass is 16.3. The Hall–Kier alpha value is -1.14. The predicted molar refractivity (Wildman–Crippen MR) is 81.1 cm³/mol. The Labute approximate surface area is 122 Å². The Morgan fingerprint density at radius 1 is 1.30 bits per heavy atom. The fourth-order valence-corrected chi connectivity index (χ4v) is 1.06. The van der Waals surface area contributed by atoms with Crippen LogP contribution in [0.2, 0.25) is 0 Å². The smallest absolute Gasteiger partial charge is 0.250 e. The lowest BCUT2D eigenvalue weighted by Gasteiger charge is -2.06. The van der Waals surface area contributed by atoms with Crippen molar-refractivity contribution in [1.29, 1.82) is 0 Å². The van der Waals surface area contributed by atoms with Gasteiger partial charge in [-0.05, 0) is 26.7 Å². The van der Waals surface area contributed by atoms with Crippen LogP contribution in [-0.2, 0) is 9.59 Å². The molecule has 0 bridgehead atoms. The molecule has 1 aliphatic carbocycles. The molecule has 0 radical (unpaired) electrons. The van der Waals surface area contributed by atoms with Crippen LogP contribution in [0, 0.1) is 0 Å². The average molecular weight is 289 g/mol. The minimum Gasteiger partial charge on any atom is -0.382 e. The fraction of sp³-hybridized carbons (Fsp3) is 0.857. The first kappa shape index (κ1) is 21.2. The zero-order chi connectivity index (χ0) is 16.1. The SMILES string of the molecule is CC.CCC(=O)NC(C)C.NCC(O)C(=O)NC1CC1. The van der Waals surface area contributed by atoms with Gasteiger partial charge in [0.1, 0.15) is 6.10 Å². The maximum Gasteiger partial charge on any atom is 0.250 e. The van der Waals surface area contributed by atoms with Crippen LogP contribution in [0.15, 0.2) is 0 Å². The average Bonchev–Trinajstić information content (AvgIpc) is 3.23. The standard InChI is InChI=1S/C6H12N2O2.C6H13NO.C2H6/c7-3-5(9)6(10)8-4-1-2-4;1-4-6(8)7-5(2)3;1-2/h4-5,9H,1-3,7H2,(H,8,10);5H,4H2,1-3H3,(H,7,8);1-2H3. The van der Waals surface area contributed by atoms with Crippen molar-refractivity contribution < 1.29 is 14.7 Å². The number of hydrogen-bond donors (Lipinski definition) is 4. The number of aliphatic hydroxyl groups is 1. The van der Waals surface area contributed by atoms with Crippen molar-refractivity contribution in [3.63, 3.8) is 0 Å². The third-order valence-electron chi connectivity index (χ3n) is 2.22. The van der Waals surface area contributed by atoms with E-state index < -0.39 is 6.10 Å². The summed E-state index contributed by atoms with van der Waals surface area (Å²) in [6.45, 7) is 9.75. The molecule has 1 rings (SSSR count). The molecule has 2 amide bonds. The van der Waals surface area contributed by atoms with E-state index in [0.29, 0.717) is 12.5 Å². The van der Waals surface area contributed by atoms with Crippen molar-refractivity contribution in [3.8, 4) is 0 Å². The molecule has 1 saturated carbocycles. The minimum absolute atomic E-state index is 0.00144. The summed E-state index contributed by atoms with van der Waals surface area (Å²) in [5.74, 6) is -0.218. The van der Waals surface area contributed by atoms with E-state index in [1.54, 1.807) is 0 Å². The molecule has 0 aromatic heterocycles. The van der Waals surface area contributed by atoms with E-state index in [1.807, 2.05) is 34.6 Å². The van der Waals surface area contributed by atoms with E-state index in [1.165, 1.54) is 0 Å². The van der Waals surface area contributed by atoms with Crippen molar-refractivity contribution in [2.45, 2.75) is 72.1 Å².